The molecule has 0 spiro atoms. The molecule has 1 aliphatic rings. The summed E-state index contributed by atoms with van der Waals surface area (Å²) in [5, 5.41) is 2.36. The molecule has 8 rings (SSSR count). The van der Waals surface area contributed by atoms with Gasteiger partial charge in [-0.05, 0) is 89.4 Å². The number of nitrogens with zero attached hydrogens (tertiary/aromatic N) is 5. The molecule has 0 fully saturated rings. The first kappa shape index (κ1) is 33.5. The highest BCUT2D eigenvalue weighted by Gasteiger charge is 2.32. The SMILES string of the molecule is Cc1cc(C(C)C)c(N2CN(c3cccc(Oc4ccc5c6ccccc6n(-c6cc(C(C)(C)C)ccn6)c5c4)c3)c3ccncc32)c(C(C)C)c1. The zero-order valence-corrected chi connectivity index (χ0v) is 31.5. The molecule has 0 N–H and O–H groups in total. The predicted molar refractivity (Wildman–Crippen MR) is 217 cm³/mol. The summed E-state index contributed by atoms with van der Waals surface area (Å²) in [7, 11) is 0. The molecule has 52 heavy (non-hydrogen) atoms. The molecular formula is C46H47N5O. The second-order valence-corrected chi connectivity index (χ2v) is 15.7. The summed E-state index contributed by atoms with van der Waals surface area (Å²) in [6.07, 6.45) is 5.81. The molecule has 1 aliphatic heterocycles. The molecule has 0 radical (unpaired) electrons. The highest BCUT2D eigenvalue weighted by Crippen LogP contribution is 2.48. The van der Waals surface area contributed by atoms with E-state index in [1.165, 1.54) is 38.7 Å². The van der Waals surface area contributed by atoms with Gasteiger partial charge in [0.05, 0.1) is 28.6 Å². The molecule has 4 heterocycles. The molecule has 6 nitrogen and oxygen atoms in total. The summed E-state index contributed by atoms with van der Waals surface area (Å²) in [5.41, 5.74) is 12.1. The second kappa shape index (κ2) is 12.9. The van der Waals surface area contributed by atoms with Gasteiger partial charge in [-0.25, -0.2) is 4.98 Å². The van der Waals surface area contributed by atoms with Gasteiger partial charge in [-0.3, -0.25) is 9.55 Å². The average Bonchev–Trinajstić information content (AvgIpc) is 3.67. The van der Waals surface area contributed by atoms with Crippen LogP contribution in [0.4, 0.5) is 22.7 Å². The molecule has 0 aliphatic carbocycles. The van der Waals surface area contributed by atoms with Crippen LogP contribution in [-0.4, -0.2) is 21.2 Å². The minimum Gasteiger partial charge on any atom is -0.457 e. The lowest BCUT2D eigenvalue weighted by atomic mass is 9.88. The van der Waals surface area contributed by atoms with E-state index in [1.54, 1.807) is 0 Å². The maximum absolute atomic E-state index is 6.68. The van der Waals surface area contributed by atoms with E-state index in [1.807, 2.05) is 24.7 Å². The van der Waals surface area contributed by atoms with Crippen LogP contribution < -0.4 is 14.5 Å². The number of rotatable bonds is 7. The van der Waals surface area contributed by atoms with Gasteiger partial charge in [-0.15, -0.1) is 0 Å². The van der Waals surface area contributed by atoms with Crippen molar-refractivity contribution in [2.75, 3.05) is 16.5 Å². The van der Waals surface area contributed by atoms with E-state index in [0.717, 1.165) is 45.4 Å². The number of hydrogen-bond donors (Lipinski definition) is 0. The topological polar surface area (TPSA) is 46.4 Å². The largest absolute Gasteiger partial charge is 0.457 e. The molecule has 0 unspecified atom stereocenters. The molecule has 0 saturated carbocycles. The minimum absolute atomic E-state index is 0.00665. The van der Waals surface area contributed by atoms with Gasteiger partial charge in [0.25, 0.3) is 0 Å². The Morgan fingerprint density at radius 3 is 2.15 bits per heavy atom. The van der Waals surface area contributed by atoms with Crippen LogP contribution in [-0.2, 0) is 5.41 Å². The van der Waals surface area contributed by atoms with E-state index in [2.05, 4.69) is 166 Å². The Bertz CT molecular complexity index is 2420. The number of aryl methyl sites for hydroxylation is 1. The summed E-state index contributed by atoms with van der Waals surface area (Å²) >= 11 is 0. The van der Waals surface area contributed by atoms with Crippen molar-refractivity contribution in [3.63, 3.8) is 0 Å². The highest BCUT2D eigenvalue weighted by molar-refractivity contribution is 6.09. The average molecular weight is 686 g/mol. The number of ether oxygens (including phenoxy) is 1. The molecular weight excluding hydrogens is 639 g/mol. The van der Waals surface area contributed by atoms with Crippen LogP contribution in [0.3, 0.4) is 0 Å². The van der Waals surface area contributed by atoms with Crippen molar-refractivity contribution in [3.8, 4) is 17.3 Å². The number of aromatic nitrogens is 3. The lowest BCUT2D eigenvalue weighted by molar-refractivity contribution is 0.483. The monoisotopic (exact) mass is 685 g/mol. The maximum atomic E-state index is 6.68. The van der Waals surface area contributed by atoms with Crippen LogP contribution in [0, 0.1) is 6.92 Å². The molecule has 262 valence electrons. The van der Waals surface area contributed by atoms with Crippen molar-refractivity contribution in [1.29, 1.82) is 0 Å². The molecule has 3 aromatic heterocycles. The van der Waals surface area contributed by atoms with Crippen molar-refractivity contribution in [3.05, 3.63) is 138 Å². The first-order chi connectivity index (χ1) is 25.0. The van der Waals surface area contributed by atoms with Crippen molar-refractivity contribution in [2.45, 2.75) is 72.6 Å². The summed E-state index contributed by atoms with van der Waals surface area (Å²) in [6.45, 7) is 18.8. The van der Waals surface area contributed by atoms with E-state index in [-0.39, 0.29) is 5.41 Å². The Labute approximate surface area is 307 Å². The smallest absolute Gasteiger partial charge is 0.137 e. The van der Waals surface area contributed by atoms with Crippen LogP contribution >= 0.6 is 0 Å². The molecule has 6 heteroatoms. The highest BCUT2D eigenvalue weighted by atomic mass is 16.5. The molecule has 0 amide bonds. The number of hydrogen-bond acceptors (Lipinski definition) is 5. The van der Waals surface area contributed by atoms with Gasteiger partial charge in [-0.2, -0.15) is 0 Å². The summed E-state index contributed by atoms with van der Waals surface area (Å²) in [4.78, 5) is 14.3. The Morgan fingerprint density at radius 1 is 0.673 bits per heavy atom. The third-order valence-corrected chi connectivity index (χ3v) is 10.3. The van der Waals surface area contributed by atoms with E-state index >= 15 is 0 Å². The number of para-hydroxylation sites is 1. The van der Waals surface area contributed by atoms with E-state index in [4.69, 9.17) is 9.72 Å². The normalized spacial score (nSPS) is 13.2. The van der Waals surface area contributed by atoms with Crippen molar-refractivity contribution in [2.24, 2.45) is 0 Å². The molecule has 0 bridgehead atoms. The second-order valence-electron chi connectivity index (χ2n) is 15.7. The Balaban J connectivity index is 1.17. The fourth-order valence-corrected chi connectivity index (χ4v) is 7.67. The number of fused-ring (bicyclic) bond motifs is 4. The van der Waals surface area contributed by atoms with Crippen LogP contribution in [0.2, 0.25) is 0 Å². The van der Waals surface area contributed by atoms with Crippen LogP contribution in [0.5, 0.6) is 11.5 Å². The van der Waals surface area contributed by atoms with Crippen molar-refractivity contribution in [1.82, 2.24) is 14.5 Å². The quantitative estimate of drug-likeness (QED) is 0.167. The first-order valence-electron chi connectivity index (χ1n) is 18.4. The molecule has 4 aromatic carbocycles. The number of anilines is 4. The maximum Gasteiger partial charge on any atom is 0.137 e. The Hall–Kier alpha value is -5.62. The van der Waals surface area contributed by atoms with Crippen LogP contribution in [0.25, 0.3) is 27.6 Å². The molecule has 0 atom stereocenters. The zero-order chi connectivity index (χ0) is 36.3. The first-order valence-corrected chi connectivity index (χ1v) is 18.4. The number of benzene rings is 4. The van der Waals surface area contributed by atoms with Gasteiger partial charge in [0.15, 0.2) is 0 Å². The Kier molecular flexibility index (Phi) is 8.29. The molecule has 0 saturated heterocycles. The van der Waals surface area contributed by atoms with Crippen molar-refractivity contribution < 1.29 is 4.74 Å². The number of pyridine rings is 2. The summed E-state index contributed by atoms with van der Waals surface area (Å²) in [6, 6.07) is 34.5. The van der Waals surface area contributed by atoms with Gasteiger partial charge in [0.2, 0.25) is 0 Å². The van der Waals surface area contributed by atoms with E-state index < -0.39 is 0 Å². The van der Waals surface area contributed by atoms with Gasteiger partial charge < -0.3 is 14.5 Å². The minimum atomic E-state index is 0.00665. The lowest BCUT2D eigenvalue weighted by Gasteiger charge is -2.29. The van der Waals surface area contributed by atoms with Crippen molar-refractivity contribution >= 4 is 44.6 Å². The van der Waals surface area contributed by atoms with Crippen LogP contribution in [0.1, 0.15) is 82.6 Å². The Morgan fingerprint density at radius 2 is 1.40 bits per heavy atom. The third kappa shape index (κ3) is 5.86. The fourth-order valence-electron chi connectivity index (χ4n) is 7.67. The van der Waals surface area contributed by atoms with Crippen LogP contribution in [0.15, 0.2) is 116 Å². The lowest BCUT2D eigenvalue weighted by Crippen LogP contribution is -2.26. The standard InChI is InChI=1S/C46H47N5O/c1-29(2)38-22-31(5)23-39(30(3)4)45(38)50-28-49(41-19-20-47-27-43(41)50)33-12-11-13-34(25-33)52-35-16-17-37-36-14-9-10-15-40(36)51(42(37)26-35)44-24-32(18-21-48-44)46(6,7)8/h9-27,29-30H,28H2,1-8H3. The van der Waals surface area contributed by atoms with Gasteiger partial charge >= 0.3 is 0 Å². The van der Waals surface area contributed by atoms with Gasteiger partial charge in [0.1, 0.15) is 24.0 Å². The summed E-state index contributed by atoms with van der Waals surface area (Å²) in [5.74, 6) is 3.22. The van der Waals surface area contributed by atoms with E-state index in [9.17, 15) is 0 Å². The predicted octanol–water partition coefficient (Wildman–Crippen LogP) is 12.5. The molecule has 7 aromatic rings. The zero-order valence-electron chi connectivity index (χ0n) is 31.5. The van der Waals surface area contributed by atoms with Gasteiger partial charge in [0, 0.05) is 46.7 Å². The third-order valence-electron chi connectivity index (χ3n) is 10.3. The van der Waals surface area contributed by atoms with Gasteiger partial charge in [-0.1, -0.05) is 90.4 Å². The summed E-state index contributed by atoms with van der Waals surface area (Å²) < 4.78 is 8.94. The van der Waals surface area contributed by atoms with E-state index in [0.29, 0.717) is 18.5 Å². The fraction of sp³-hybridized carbons (Fsp3) is 0.261.